The van der Waals surface area contributed by atoms with Gasteiger partial charge in [0, 0.05) is 31.2 Å². The van der Waals surface area contributed by atoms with E-state index in [0.717, 1.165) is 11.0 Å². The maximum absolute atomic E-state index is 13.0. The van der Waals surface area contributed by atoms with E-state index >= 15 is 0 Å². The van der Waals surface area contributed by atoms with Crippen LogP contribution in [0.2, 0.25) is 0 Å². The summed E-state index contributed by atoms with van der Waals surface area (Å²) in [5.74, 6) is -0.828. The number of halogens is 3. The van der Waals surface area contributed by atoms with E-state index in [4.69, 9.17) is 4.74 Å². The number of hydrogen-bond donors (Lipinski definition) is 0. The number of pyridine rings is 2. The van der Waals surface area contributed by atoms with Crippen molar-refractivity contribution in [3.05, 3.63) is 30.1 Å². The summed E-state index contributed by atoms with van der Waals surface area (Å²) >= 11 is 0. The largest absolute Gasteiger partial charge is 0.465 e. The van der Waals surface area contributed by atoms with Crippen molar-refractivity contribution in [2.75, 3.05) is 37.7 Å². The molecule has 1 atom stereocenters. The number of amides is 3. The van der Waals surface area contributed by atoms with Crippen LogP contribution in [0, 0.1) is 0 Å². The Bertz CT molecular complexity index is 1060. The number of fused-ring (bicyclic) bond motifs is 2. The van der Waals surface area contributed by atoms with Crippen molar-refractivity contribution in [1.82, 2.24) is 19.8 Å². The Morgan fingerprint density at radius 1 is 1.23 bits per heavy atom. The summed E-state index contributed by atoms with van der Waals surface area (Å²) in [6.07, 6.45) is -3.21. The number of ether oxygens (including phenoxy) is 1. The first-order chi connectivity index (χ1) is 14.7. The smallest absolute Gasteiger partial charge is 0.433 e. The van der Waals surface area contributed by atoms with Crippen LogP contribution in [0.4, 0.5) is 23.8 Å². The first-order valence-electron chi connectivity index (χ1n) is 9.56. The first kappa shape index (κ1) is 20.8. The van der Waals surface area contributed by atoms with Crippen LogP contribution in [0.1, 0.15) is 12.6 Å². The van der Waals surface area contributed by atoms with Crippen LogP contribution in [-0.4, -0.2) is 76.5 Å². The molecule has 2 aliphatic heterocycles. The second-order valence-electron chi connectivity index (χ2n) is 7.06. The van der Waals surface area contributed by atoms with E-state index in [9.17, 15) is 27.6 Å². The summed E-state index contributed by atoms with van der Waals surface area (Å²) in [6.45, 7) is 1.89. The van der Waals surface area contributed by atoms with Crippen LogP contribution >= 0.6 is 0 Å². The van der Waals surface area contributed by atoms with Crippen molar-refractivity contribution in [2.45, 2.75) is 19.1 Å². The summed E-state index contributed by atoms with van der Waals surface area (Å²) in [5.41, 5.74) is -0.881. The molecule has 164 valence electrons. The highest BCUT2D eigenvalue weighted by Crippen LogP contribution is 2.32. The zero-order chi connectivity index (χ0) is 22.3. The molecule has 2 aliphatic rings. The van der Waals surface area contributed by atoms with Gasteiger partial charge < -0.3 is 14.5 Å². The number of urea groups is 1. The van der Waals surface area contributed by atoms with E-state index in [1.165, 1.54) is 23.2 Å². The standard InChI is InChI=1S/C19H18F3N5O4/c1-2-31-15(28)10-27-17(29)13-9-25(7-8-26(13)18(27)30)16-11-3-4-14(19(20,21)22)24-12(11)5-6-23-16/h3-6,13H,2,7-10H2,1H3. The third-order valence-corrected chi connectivity index (χ3v) is 5.19. The molecule has 2 aromatic heterocycles. The van der Waals surface area contributed by atoms with E-state index < -0.39 is 42.4 Å². The average Bonchev–Trinajstić information content (AvgIpc) is 2.97. The number of imide groups is 1. The maximum atomic E-state index is 13.0. The lowest BCUT2D eigenvalue weighted by Gasteiger charge is -2.36. The van der Waals surface area contributed by atoms with Crippen molar-refractivity contribution in [3.8, 4) is 0 Å². The molecule has 0 N–H and O–H groups in total. The van der Waals surface area contributed by atoms with Crippen molar-refractivity contribution in [3.63, 3.8) is 0 Å². The number of carbonyl (C=O) groups excluding carboxylic acids is 3. The molecule has 1 unspecified atom stereocenters. The average molecular weight is 437 g/mol. The van der Waals surface area contributed by atoms with Crippen LogP contribution in [0.5, 0.6) is 0 Å². The van der Waals surface area contributed by atoms with Gasteiger partial charge in [-0.25, -0.2) is 14.8 Å². The number of anilines is 1. The molecule has 0 saturated carbocycles. The number of nitrogens with zero attached hydrogens (tertiary/aromatic N) is 5. The quantitative estimate of drug-likeness (QED) is 0.530. The Kier molecular flexibility index (Phi) is 5.15. The fraction of sp³-hybridized carbons (Fsp3) is 0.421. The van der Waals surface area contributed by atoms with E-state index in [1.807, 2.05) is 0 Å². The number of piperazine rings is 1. The predicted octanol–water partition coefficient (Wildman–Crippen LogP) is 1.66. The molecule has 3 amide bonds. The van der Waals surface area contributed by atoms with Gasteiger partial charge in [0.15, 0.2) is 0 Å². The molecule has 2 aromatic rings. The molecule has 0 bridgehead atoms. The van der Waals surface area contributed by atoms with Crippen LogP contribution in [0.25, 0.3) is 10.9 Å². The van der Waals surface area contributed by atoms with Gasteiger partial charge in [0.25, 0.3) is 5.91 Å². The fourth-order valence-electron chi connectivity index (χ4n) is 3.78. The van der Waals surface area contributed by atoms with Gasteiger partial charge in [0.2, 0.25) is 0 Å². The normalized spacial score (nSPS) is 19.2. The molecule has 2 saturated heterocycles. The minimum absolute atomic E-state index is 0.0943. The van der Waals surface area contributed by atoms with E-state index in [2.05, 4.69) is 9.97 Å². The fourth-order valence-corrected chi connectivity index (χ4v) is 3.78. The van der Waals surface area contributed by atoms with Gasteiger partial charge in [-0.2, -0.15) is 13.2 Å². The SMILES string of the molecule is CCOC(=O)CN1C(=O)C2CN(c3nccc4nc(C(F)(F)F)ccc34)CCN2C1=O. The van der Waals surface area contributed by atoms with Gasteiger partial charge >= 0.3 is 18.2 Å². The lowest BCUT2D eigenvalue weighted by molar-refractivity contribution is -0.146. The third-order valence-electron chi connectivity index (χ3n) is 5.19. The van der Waals surface area contributed by atoms with Gasteiger partial charge in [0.05, 0.1) is 12.1 Å². The Labute approximate surface area is 174 Å². The number of rotatable bonds is 4. The van der Waals surface area contributed by atoms with E-state index in [1.54, 1.807) is 11.8 Å². The number of hydrogen-bond acceptors (Lipinski definition) is 7. The highest BCUT2D eigenvalue weighted by atomic mass is 19.4. The van der Waals surface area contributed by atoms with Gasteiger partial charge in [-0.3, -0.25) is 14.5 Å². The van der Waals surface area contributed by atoms with Crippen LogP contribution in [0.15, 0.2) is 24.4 Å². The van der Waals surface area contributed by atoms with Crippen LogP contribution < -0.4 is 4.90 Å². The first-order valence-corrected chi connectivity index (χ1v) is 9.56. The third kappa shape index (κ3) is 3.73. The molecule has 31 heavy (non-hydrogen) atoms. The van der Waals surface area contributed by atoms with Crippen LogP contribution in [0.3, 0.4) is 0 Å². The molecular formula is C19H18F3N5O4. The second-order valence-corrected chi connectivity index (χ2v) is 7.06. The molecule has 4 rings (SSSR count). The lowest BCUT2D eigenvalue weighted by atomic mass is 10.1. The van der Waals surface area contributed by atoms with E-state index in [-0.39, 0.29) is 25.2 Å². The summed E-state index contributed by atoms with van der Waals surface area (Å²) in [7, 11) is 0. The molecule has 2 fully saturated rings. The highest BCUT2D eigenvalue weighted by molar-refractivity contribution is 6.06. The number of alkyl halides is 3. The Morgan fingerprint density at radius 3 is 2.71 bits per heavy atom. The Morgan fingerprint density at radius 2 is 2.00 bits per heavy atom. The molecule has 12 heteroatoms. The summed E-state index contributed by atoms with van der Waals surface area (Å²) in [4.78, 5) is 49.0. The summed E-state index contributed by atoms with van der Waals surface area (Å²) in [6, 6.07) is 2.18. The number of esters is 1. The van der Waals surface area contributed by atoms with Crippen molar-refractivity contribution in [2.24, 2.45) is 0 Å². The molecule has 0 aromatic carbocycles. The molecule has 0 spiro atoms. The molecule has 0 radical (unpaired) electrons. The number of aromatic nitrogens is 2. The monoisotopic (exact) mass is 437 g/mol. The van der Waals surface area contributed by atoms with Gasteiger partial charge in [-0.15, -0.1) is 0 Å². The minimum Gasteiger partial charge on any atom is -0.465 e. The van der Waals surface area contributed by atoms with Crippen molar-refractivity contribution >= 4 is 34.6 Å². The highest BCUT2D eigenvalue weighted by Gasteiger charge is 2.48. The van der Waals surface area contributed by atoms with Crippen molar-refractivity contribution < 1.29 is 32.3 Å². The maximum Gasteiger partial charge on any atom is 0.433 e. The Hall–Kier alpha value is -3.44. The number of carbonyl (C=O) groups is 3. The topological polar surface area (TPSA) is 95.9 Å². The van der Waals surface area contributed by atoms with Gasteiger partial charge in [0.1, 0.15) is 24.1 Å². The summed E-state index contributed by atoms with van der Waals surface area (Å²) in [5, 5.41) is 0.407. The molecule has 4 heterocycles. The molecular weight excluding hydrogens is 419 g/mol. The van der Waals surface area contributed by atoms with Crippen LogP contribution in [-0.2, 0) is 20.5 Å². The molecule has 9 nitrogen and oxygen atoms in total. The zero-order valence-corrected chi connectivity index (χ0v) is 16.4. The summed E-state index contributed by atoms with van der Waals surface area (Å²) < 4.78 is 43.7. The zero-order valence-electron chi connectivity index (χ0n) is 16.4. The predicted molar refractivity (Wildman–Crippen MR) is 101 cm³/mol. The van der Waals surface area contributed by atoms with Gasteiger partial charge in [-0.05, 0) is 25.1 Å². The van der Waals surface area contributed by atoms with E-state index in [0.29, 0.717) is 17.7 Å². The Balaban J connectivity index is 1.58. The van der Waals surface area contributed by atoms with Crippen molar-refractivity contribution in [1.29, 1.82) is 0 Å². The lowest BCUT2D eigenvalue weighted by Crippen LogP contribution is -2.53. The minimum atomic E-state index is -4.57. The molecule has 0 aliphatic carbocycles. The second kappa shape index (κ2) is 7.67. The van der Waals surface area contributed by atoms with Gasteiger partial charge in [-0.1, -0.05) is 0 Å².